The van der Waals surface area contributed by atoms with Crippen LogP contribution in [-0.4, -0.2) is 40.2 Å². The molecule has 0 spiro atoms. The molecule has 1 aromatic heterocycles. The van der Waals surface area contributed by atoms with Crippen molar-refractivity contribution >= 4 is 16.8 Å². The normalized spacial score (nSPS) is 18.0. The summed E-state index contributed by atoms with van der Waals surface area (Å²) in [4.78, 5) is 24.0. The molecule has 3 rings (SSSR count). The van der Waals surface area contributed by atoms with Gasteiger partial charge in [-0.15, -0.1) is 5.10 Å². The first kappa shape index (κ1) is 13.7. The molecule has 0 aliphatic carbocycles. The van der Waals surface area contributed by atoms with Gasteiger partial charge in [0, 0.05) is 13.2 Å². The van der Waals surface area contributed by atoms with Crippen molar-refractivity contribution < 1.29 is 9.53 Å². The molecule has 1 atom stereocenters. The van der Waals surface area contributed by atoms with Gasteiger partial charge in [0.1, 0.15) is 12.1 Å². The molecule has 0 saturated carbocycles. The molecular formula is C14H16N4O3. The number of hydrogen-bond acceptors (Lipinski definition) is 5. The van der Waals surface area contributed by atoms with Crippen molar-refractivity contribution in [1.82, 2.24) is 20.3 Å². The summed E-state index contributed by atoms with van der Waals surface area (Å²) in [7, 11) is 0. The Morgan fingerprint density at radius 1 is 1.43 bits per heavy atom. The average molecular weight is 288 g/mol. The van der Waals surface area contributed by atoms with E-state index in [-0.39, 0.29) is 24.1 Å². The molecule has 7 nitrogen and oxygen atoms in total. The van der Waals surface area contributed by atoms with E-state index in [1.165, 1.54) is 0 Å². The number of hydrogen-bond donors (Lipinski definition) is 1. The molecule has 1 amide bonds. The van der Waals surface area contributed by atoms with Crippen molar-refractivity contribution in [2.24, 2.45) is 0 Å². The van der Waals surface area contributed by atoms with E-state index < -0.39 is 0 Å². The van der Waals surface area contributed by atoms with Crippen LogP contribution in [0.25, 0.3) is 10.9 Å². The van der Waals surface area contributed by atoms with Crippen LogP contribution in [0.5, 0.6) is 0 Å². The Labute approximate surface area is 120 Å². The maximum Gasteiger partial charge on any atom is 0.278 e. The third-order valence-electron chi connectivity index (χ3n) is 3.47. The van der Waals surface area contributed by atoms with Crippen LogP contribution in [0.4, 0.5) is 0 Å². The first-order valence-electron chi connectivity index (χ1n) is 6.95. The second-order valence-electron chi connectivity index (χ2n) is 5.01. The van der Waals surface area contributed by atoms with Crippen LogP contribution in [0.3, 0.4) is 0 Å². The topological polar surface area (TPSA) is 86.1 Å². The zero-order valence-electron chi connectivity index (χ0n) is 11.5. The maximum atomic E-state index is 12.2. The number of carbonyl (C=O) groups excluding carboxylic acids is 1. The number of carbonyl (C=O) groups is 1. The van der Waals surface area contributed by atoms with Crippen molar-refractivity contribution in [2.45, 2.75) is 25.5 Å². The fourth-order valence-electron chi connectivity index (χ4n) is 2.35. The second kappa shape index (κ2) is 6.01. The summed E-state index contributed by atoms with van der Waals surface area (Å²) >= 11 is 0. The average Bonchev–Trinajstić information content (AvgIpc) is 3.02. The first-order chi connectivity index (χ1) is 10.2. The van der Waals surface area contributed by atoms with E-state index in [2.05, 4.69) is 15.6 Å². The third-order valence-corrected chi connectivity index (χ3v) is 3.47. The summed E-state index contributed by atoms with van der Waals surface area (Å²) in [6.07, 6.45) is 2.06. The summed E-state index contributed by atoms with van der Waals surface area (Å²) in [6, 6.07) is 6.93. The Balaban J connectivity index is 1.68. The highest BCUT2D eigenvalue weighted by Crippen LogP contribution is 2.10. The molecule has 1 N–H and O–H groups in total. The standard InChI is InChI=1S/C14H16N4O3/c19-13(15-8-10-4-3-7-21-10)9-18-14(20)11-5-1-2-6-12(11)16-17-18/h1-2,5-6,10H,3-4,7-9H2,(H,15,19)/t10-/m1/s1. The fourth-order valence-corrected chi connectivity index (χ4v) is 2.35. The Morgan fingerprint density at radius 3 is 3.10 bits per heavy atom. The molecule has 7 heteroatoms. The first-order valence-corrected chi connectivity index (χ1v) is 6.95. The smallest absolute Gasteiger partial charge is 0.278 e. The van der Waals surface area contributed by atoms with E-state index in [0.717, 1.165) is 24.1 Å². The number of amides is 1. The summed E-state index contributed by atoms with van der Waals surface area (Å²) < 4.78 is 6.50. The summed E-state index contributed by atoms with van der Waals surface area (Å²) in [5, 5.41) is 10.9. The zero-order chi connectivity index (χ0) is 14.7. The molecule has 0 radical (unpaired) electrons. The fraction of sp³-hybridized carbons (Fsp3) is 0.429. The van der Waals surface area contributed by atoms with Gasteiger partial charge in [-0.25, -0.2) is 4.68 Å². The minimum absolute atomic E-state index is 0.0772. The van der Waals surface area contributed by atoms with Crippen LogP contribution in [0.1, 0.15) is 12.8 Å². The lowest BCUT2D eigenvalue weighted by Gasteiger charge is -2.11. The van der Waals surface area contributed by atoms with Crippen molar-refractivity contribution in [3.63, 3.8) is 0 Å². The van der Waals surface area contributed by atoms with Gasteiger partial charge >= 0.3 is 0 Å². The highest BCUT2D eigenvalue weighted by Gasteiger charge is 2.16. The molecule has 0 bridgehead atoms. The van der Waals surface area contributed by atoms with Crippen molar-refractivity contribution in [3.8, 4) is 0 Å². The number of fused-ring (bicyclic) bond motifs is 1. The van der Waals surface area contributed by atoms with Gasteiger partial charge in [-0.1, -0.05) is 17.3 Å². The molecule has 21 heavy (non-hydrogen) atoms. The highest BCUT2D eigenvalue weighted by atomic mass is 16.5. The Bertz CT molecular complexity index is 707. The van der Waals surface area contributed by atoms with Crippen LogP contribution in [-0.2, 0) is 16.1 Å². The maximum absolute atomic E-state index is 12.2. The van der Waals surface area contributed by atoms with E-state index >= 15 is 0 Å². The second-order valence-corrected chi connectivity index (χ2v) is 5.01. The number of ether oxygens (including phenoxy) is 1. The highest BCUT2D eigenvalue weighted by molar-refractivity contribution is 5.78. The number of nitrogens with zero attached hydrogens (tertiary/aromatic N) is 3. The molecule has 0 unspecified atom stereocenters. The van der Waals surface area contributed by atoms with Gasteiger partial charge in [0.2, 0.25) is 5.91 Å². The molecule has 1 aliphatic heterocycles. The predicted molar refractivity (Wildman–Crippen MR) is 75.8 cm³/mol. The van der Waals surface area contributed by atoms with E-state index in [1.54, 1.807) is 24.3 Å². The van der Waals surface area contributed by atoms with Gasteiger partial charge in [-0.05, 0) is 25.0 Å². The van der Waals surface area contributed by atoms with Gasteiger partial charge in [-0.3, -0.25) is 9.59 Å². The molecule has 110 valence electrons. The van der Waals surface area contributed by atoms with Gasteiger partial charge in [0.15, 0.2) is 0 Å². The van der Waals surface area contributed by atoms with Crippen molar-refractivity contribution in [1.29, 1.82) is 0 Å². The van der Waals surface area contributed by atoms with Gasteiger partial charge in [0.25, 0.3) is 5.56 Å². The SMILES string of the molecule is O=C(Cn1nnc2ccccc2c1=O)NC[C@H]1CCCO1. The molecule has 1 saturated heterocycles. The quantitative estimate of drug-likeness (QED) is 0.861. The Kier molecular flexibility index (Phi) is 3.92. The van der Waals surface area contributed by atoms with Crippen LogP contribution in [0, 0.1) is 0 Å². The molecular weight excluding hydrogens is 272 g/mol. The van der Waals surface area contributed by atoms with Crippen molar-refractivity contribution in [2.75, 3.05) is 13.2 Å². The van der Waals surface area contributed by atoms with Crippen LogP contribution >= 0.6 is 0 Å². The van der Waals surface area contributed by atoms with Crippen LogP contribution < -0.4 is 10.9 Å². The Hall–Kier alpha value is -2.28. The van der Waals surface area contributed by atoms with E-state index in [0.29, 0.717) is 17.4 Å². The minimum atomic E-state index is -0.312. The van der Waals surface area contributed by atoms with E-state index in [4.69, 9.17) is 4.74 Å². The molecule has 1 aromatic carbocycles. The lowest BCUT2D eigenvalue weighted by Crippen LogP contribution is -2.37. The lowest BCUT2D eigenvalue weighted by atomic mass is 10.2. The number of rotatable bonds is 4. The van der Waals surface area contributed by atoms with Gasteiger partial charge in [-0.2, -0.15) is 0 Å². The summed E-state index contributed by atoms with van der Waals surface area (Å²) in [5.74, 6) is -0.266. The van der Waals surface area contributed by atoms with E-state index in [1.807, 2.05) is 0 Å². The molecule has 1 aliphatic rings. The number of benzene rings is 1. The molecule has 1 fully saturated rings. The van der Waals surface area contributed by atoms with Crippen molar-refractivity contribution in [3.05, 3.63) is 34.6 Å². The minimum Gasteiger partial charge on any atom is -0.376 e. The third kappa shape index (κ3) is 3.08. The Morgan fingerprint density at radius 2 is 2.29 bits per heavy atom. The zero-order valence-corrected chi connectivity index (χ0v) is 11.5. The molecule has 2 aromatic rings. The molecule has 2 heterocycles. The van der Waals surface area contributed by atoms with Crippen LogP contribution in [0.2, 0.25) is 0 Å². The predicted octanol–water partition coefficient (Wildman–Crippen LogP) is 0.0867. The number of nitrogens with one attached hydrogen (secondary N) is 1. The summed E-state index contributed by atoms with van der Waals surface area (Å²) in [5.41, 5.74) is 0.214. The largest absolute Gasteiger partial charge is 0.376 e. The monoisotopic (exact) mass is 288 g/mol. The van der Waals surface area contributed by atoms with E-state index in [9.17, 15) is 9.59 Å². The van der Waals surface area contributed by atoms with Crippen LogP contribution in [0.15, 0.2) is 29.1 Å². The lowest BCUT2D eigenvalue weighted by molar-refractivity contribution is -0.122. The van der Waals surface area contributed by atoms with Gasteiger partial charge < -0.3 is 10.1 Å². The summed E-state index contributed by atoms with van der Waals surface area (Å²) in [6.45, 7) is 1.08. The van der Waals surface area contributed by atoms with Gasteiger partial charge in [0.05, 0.1) is 11.5 Å². The number of aromatic nitrogens is 3.